The molecule has 0 spiro atoms. The first-order valence-electron chi connectivity index (χ1n) is 9.66. The van der Waals surface area contributed by atoms with Crippen LogP contribution in [0.25, 0.3) is 0 Å². The van der Waals surface area contributed by atoms with Crippen LogP contribution in [0.5, 0.6) is 0 Å². The van der Waals surface area contributed by atoms with E-state index in [0.717, 1.165) is 26.3 Å². The fourth-order valence-corrected chi connectivity index (χ4v) is 2.77. The number of hydrogen-bond donors (Lipinski definition) is 0. The molecular formula is C20H39NO4. The number of rotatable bonds is 11. The third kappa shape index (κ3) is 10.3. The third-order valence-corrected chi connectivity index (χ3v) is 4.41. The number of Topliss-reactive ketones (excluding diaryl/α,β-unsaturated/α-hetero) is 1. The highest BCUT2D eigenvalue weighted by Gasteiger charge is 2.26. The summed E-state index contributed by atoms with van der Waals surface area (Å²) in [4.78, 5) is 14.2. The Morgan fingerprint density at radius 1 is 1.00 bits per heavy atom. The van der Waals surface area contributed by atoms with Crippen LogP contribution < -0.4 is 0 Å². The largest absolute Gasteiger partial charge is 0.379 e. The Hall–Kier alpha value is -0.490. The summed E-state index contributed by atoms with van der Waals surface area (Å²) >= 11 is 0. The Morgan fingerprint density at radius 2 is 1.64 bits per heavy atom. The molecule has 1 heterocycles. The summed E-state index contributed by atoms with van der Waals surface area (Å²) in [6, 6.07) is 0.516. The molecule has 0 amide bonds. The van der Waals surface area contributed by atoms with Crippen molar-refractivity contribution in [2.75, 3.05) is 46.1 Å². The Labute approximate surface area is 154 Å². The molecule has 1 fully saturated rings. The molecule has 0 bridgehead atoms. The maximum atomic E-state index is 11.8. The van der Waals surface area contributed by atoms with Gasteiger partial charge >= 0.3 is 0 Å². The summed E-state index contributed by atoms with van der Waals surface area (Å²) in [5.74, 6) is 0.242. The van der Waals surface area contributed by atoms with Gasteiger partial charge in [0.25, 0.3) is 0 Å². The topological polar surface area (TPSA) is 48.0 Å². The highest BCUT2D eigenvalue weighted by Crippen LogP contribution is 2.19. The van der Waals surface area contributed by atoms with Crippen molar-refractivity contribution in [3.05, 3.63) is 0 Å². The Bertz CT molecular complexity index is 384. The zero-order chi connectivity index (χ0) is 18.9. The first kappa shape index (κ1) is 22.6. The van der Waals surface area contributed by atoms with Crippen molar-refractivity contribution >= 4 is 5.78 Å². The minimum atomic E-state index is -0.275. The SMILES string of the molecule is CC(C)(C)OC[C@@H]1CCCN1CCOCCOCCC(=O)C(C)(C)C. The first-order chi connectivity index (χ1) is 11.6. The summed E-state index contributed by atoms with van der Waals surface area (Å²) in [6.07, 6.45) is 2.93. The van der Waals surface area contributed by atoms with E-state index in [1.165, 1.54) is 12.8 Å². The lowest BCUT2D eigenvalue weighted by atomic mass is 9.89. The van der Waals surface area contributed by atoms with Gasteiger partial charge in [-0.25, -0.2) is 0 Å². The van der Waals surface area contributed by atoms with Crippen LogP contribution in [0.4, 0.5) is 0 Å². The first-order valence-corrected chi connectivity index (χ1v) is 9.66. The van der Waals surface area contributed by atoms with Crippen molar-refractivity contribution in [2.45, 2.75) is 72.4 Å². The van der Waals surface area contributed by atoms with Crippen molar-refractivity contribution in [1.82, 2.24) is 4.90 Å². The van der Waals surface area contributed by atoms with Gasteiger partial charge in [0.2, 0.25) is 0 Å². The molecule has 1 saturated heterocycles. The molecule has 0 radical (unpaired) electrons. The maximum absolute atomic E-state index is 11.8. The van der Waals surface area contributed by atoms with Gasteiger partial charge in [0, 0.05) is 24.4 Å². The van der Waals surface area contributed by atoms with Crippen LogP contribution in [0.15, 0.2) is 0 Å². The number of hydrogen-bond acceptors (Lipinski definition) is 5. The summed E-state index contributed by atoms with van der Waals surface area (Å²) in [6.45, 7) is 17.3. The maximum Gasteiger partial charge on any atom is 0.140 e. The molecule has 148 valence electrons. The fourth-order valence-electron chi connectivity index (χ4n) is 2.77. The predicted octanol–water partition coefficient (Wildman–Crippen LogP) is 3.30. The van der Waals surface area contributed by atoms with Crippen LogP contribution in [0.3, 0.4) is 0 Å². The van der Waals surface area contributed by atoms with E-state index in [4.69, 9.17) is 14.2 Å². The van der Waals surface area contributed by atoms with Gasteiger partial charge in [0.1, 0.15) is 5.78 Å². The highest BCUT2D eigenvalue weighted by atomic mass is 16.5. The van der Waals surface area contributed by atoms with Gasteiger partial charge in [-0.3, -0.25) is 9.69 Å². The molecule has 1 atom stereocenters. The van der Waals surface area contributed by atoms with Crippen LogP contribution in [-0.4, -0.2) is 68.4 Å². The quantitative estimate of drug-likeness (QED) is 0.531. The molecule has 5 nitrogen and oxygen atoms in total. The average molecular weight is 358 g/mol. The van der Waals surface area contributed by atoms with Gasteiger partial charge in [-0.15, -0.1) is 0 Å². The molecule has 0 unspecified atom stereocenters. The second-order valence-electron chi connectivity index (χ2n) is 8.90. The Morgan fingerprint density at radius 3 is 2.24 bits per heavy atom. The lowest BCUT2D eigenvalue weighted by Gasteiger charge is -2.28. The highest BCUT2D eigenvalue weighted by molar-refractivity contribution is 5.83. The van der Waals surface area contributed by atoms with Crippen LogP contribution in [-0.2, 0) is 19.0 Å². The van der Waals surface area contributed by atoms with E-state index < -0.39 is 0 Å². The summed E-state index contributed by atoms with van der Waals surface area (Å²) in [5.41, 5.74) is -0.348. The minimum absolute atomic E-state index is 0.0729. The van der Waals surface area contributed by atoms with Gasteiger partial charge in [-0.1, -0.05) is 20.8 Å². The summed E-state index contributed by atoms with van der Waals surface area (Å²) < 4.78 is 17.1. The van der Waals surface area contributed by atoms with E-state index in [0.29, 0.717) is 32.3 Å². The molecule has 0 N–H and O–H groups in total. The number of carbonyl (C=O) groups excluding carboxylic acids is 1. The molecular weight excluding hydrogens is 318 g/mol. The van der Waals surface area contributed by atoms with Crippen molar-refractivity contribution in [1.29, 1.82) is 0 Å². The second kappa shape index (κ2) is 10.6. The van der Waals surface area contributed by atoms with Crippen molar-refractivity contribution < 1.29 is 19.0 Å². The van der Waals surface area contributed by atoms with E-state index in [1.54, 1.807) is 0 Å². The fraction of sp³-hybridized carbons (Fsp3) is 0.950. The van der Waals surface area contributed by atoms with Crippen molar-refractivity contribution in [3.8, 4) is 0 Å². The predicted molar refractivity (Wildman–Crippen MR) is 101 cm³/mol. The molecule has 0 aromatic carbocycles. The Kier molecular flexibility index (Phi) is 9.57. The van der Waals surface area contributed by atoms with Crippen LogP contribution in [0.2, 0.25) is 0 Å². The van der Waals surface area contributed by atoms with Gasteiger partial charge in [0.15, 0.2) is 0 Å². The van der Waals surface area contributed by atoms with Gasteiger partial charge in [-0.05, 0) is 40.2 Å². The average Bonchev–Trinajstić information content (AvgIpc) is 2.93. The van der Waals surface area contributed by atoms with E-state index in [9.17, 15) is 4.79 Å². The number of ketones is 1. The third-order valence-electron chi connectivity index (χ3n) is 4.41. The molecule has 1 aliphatic heterocycles. The smallest absolute Gasteiger partial charge is 0.140 e. The summed E-state index contributed by atoms with van der Waals surface area (Å²) in [5, 5.41) is 0. The normalized spacial score (nSPS) is 19.5. The van der Waals surface area contributed by atoms with E-state index in [2.05, 4.69) is 25.7 Å². The minimum Gasteiger partial charge on any atom is -0.379 e. The van der Waals surface area contributed by atoms with Gasteiger partial charge in [-0.2, -0.15) is 0 Å². The molecule has 0 aromatic rings. The number of carbonyl (C=O) groups is 1. The van der Waals surface area contributed by atoms with Crippen molar-refractivity contribution in [2.24, 2.45) is 5.41 Å². The lowest BCUT2D eigenvalue weighted by molar-refractivity contribution is -0.127. The molecule has 0 aromatic heterocycles. The monoisotopic (exact) mass is 357 g/mol. The second-order valence-corrected chi connectivity index (χ2v) is 8.90. The van der Waals surface area contributed by atoms with Crippen LogP contribution >= 0.6 is 0 Å². The molecule has 5 heteroatoms. The number of ether oxygens (including phenoxy) is 3. The molecule has 25 heavy (non-hydrogen) atoms. The van der Waals surface area contributed by atoms with Gasteiger partial charge < -0.3 is 14.2 Å². The molecule has 1 aliphatic rings. The number of nitrogens with zero attached hydrogens (tertiary/aromatic N) is 1. The van der Waals surface area contributed by atoms with Crippen molar-refractivity contribution in [3.63, 3.8) is 0 Å². The van der Waals surface area contributed by atoms with E-state index >= 15 is 0 Å². The summed E-state index contributed by atoms with van der Waals surface area (Å²) in [7, 11) is 0. The Balaban J connectivity index is 2.03. The molecule has 1 rings (SSSR count). The number of likely N-dealkylation sites (tertiary alicyclic amines) is 1. The van der Waals surface area contributed by atoms with Gasteiger partial charge in [0.05, 0.1) is 38.6 Å². The van der Waals surface area contributed by atoms with Crippen LogP contribution in [0, 0.1) is 5.41 Å². The molecule has 0 saturated carbocycles. The standard InChI is InChI=1S/C20H39NO4/c1-19(2,3)18(22)9-12-23-14-15-24-13-11-21-10-7-8-17(21)16-25-20(4,5)6/h17H,7-16H2,1-6H3/t17-/m0/s1. The zero-order valence-corrected chi connectivity index (χ0v) is 17.2. The zero-order valence-electron chi connectivity index (χ0n) is 17.2. The van der Waals surface area contributed by atoms with E-state index in [1.807, 2.05) is 20.8 Å². The lowest BCUT2D eigenvalue weighted by Crippen LogP contribution is -2.38. The van der Waals surface area contributed by atoms with Crippen LogP contribution in [0.1, 0.15) is 60.8 Å². The van der Waals surface area contributed by atoms with E-state index in [-0.39, 0.29) is 16.8 Å². The molecule has 0 aliphatic carbocycles.